The van der Waals surface area contributed by atoms with Gasteiger partial charge in [0.2, 0.25) is 10.0 Å². The maximum atomic E-state index is 14.7. The number of hydrogen-bond acceptors (Lipinski definition) is 6. The van der Waals surface area contributed by atoms with Gasteiger partial charge in [0.15, 0.2) is 0 Å². The van der Waals surface area contributed by atoms with E-state index < -0.39 is 27.6 Å². The lowest BCUT2D eigenvalue weighted by Gasteiger charge is -2.21. The number of aromatic amines is 1. The summed E-state index contributed by atoms with van der Waals surface area (Å²) in [6.07, 6.45) is 4.35. The zero-order valence-corrected chi connectivity index (χ0v) is 26.7. The molecule has 0 spiro atoms. The summed E-state index contributed by atoms with van der Waals surface area (Å²) in [5, 5.41) is 3.41. The van der Waals surface area contributed by atoms with E-state index in [0.29, 0.717) is 56.7 Å². The highest BCUT2D eigenvalue weighted by Crippen LogP contribution is 2.42. The topological polar surface area (TPSA) is 118 Å². The van der Waals surface area contributed by atoms with Crippen LogP contribution in [0.4, 0.5) is 14.5 Å². The maximum Gasteiger partial charge on any atom is 0.255 e. The highest BCUT2D eigenvalue weighted by Gasteiger charge is 2.27. The number of aromatic nitrogens is 2. The second kappa shape index (κ2) is 12.4. The van der Waals surface area contributed by atoms with Crippen LogP contribution in [-0.4, -0.2) is 51.3 Å². The van der Waals surface area contributed by atoms with Crippen LogP contribution >= 0.6 is 0 Å². The molecule has 0 saturated carbocycles. The molecule has 2 N–H and O–H groups in total. The minimum Gasteiger partial charge on any atom is -0.501 e. The third-order valence-electron chi connectivity index (χ3n) is 7.78. The number of sulfonamides is 1. The molecule has 47 heavy (non-hydrogen) atoms. The second-order valence-electron chi connectivity index (χ2n) is 10.8. The lowest BCUT2D eigenvalue weighted by Crippen LogP contribution is -2.25. The average Bonchev–Trinajstić information content (AvgIpc) is 3.66. The highest BCUT2D eigenvalue weighted by molar-refractivity contribution is 7.92. The SMILES string of the molecule is CCO/C=C/c1ccc(-c2cc3c(C(=O)NC)c(-c4ccc(F)cc4)oc3cc2N(C)S(C)(=O)=O)nc1-c1cc2c(F)cccc2[nH]1. The summed E-state index contributed by atoms with van der Waals surface area (Å²) in [5.41, 5.74) is 4.07. The molecule has 0 unspecified atom stereocenters. The normalized spacial score (nSPS) is 11.9. The molecule has 0 aliphatic carbocycles. The molecule has 12 heteroatoms. The van der Waals surface area contributed by atoms with Crippen LogP contribution in [0.25, 0.3) is 61.9 Å². The summed E-state index contributed by atoms with van der Waals surface area (Å²) in [7, 11) is -0.890. The molecule has 0 fully saturated rings. The van der Waals surface area contributed by atoms with Gasteiger partial charge in [-0.15, -0.1) is 0 Å². The molecule has 1 amide bonds. The van der Waals surface area contributed by atoms with Crippen molar-refractivity contribution in [2.45, 2.75) is 6.92 Å². The van der Waals surface area contributed by atoms with E-state index in [1.165, 1.54) is 56.8 Å². The third kappa shape index (κ3) is 5.95. The van der Waals surface area contributed by atoms with Gasteiger partial charge in [0, 0.05) is 53.1 Å². The molecule has 3 aromatic carbocycles. The number of fused-ring (bicyclic) bond motifs is 2. The fourth-order valence-electron chi connectivity index (χ4n) is 5.37. The number of ether oxygens (including phenoxy) is 1. The van der Waals surface area contributed by atoms with Crippen LogP contribution in [0.5, 0.6) is 0 Å². The molecule has 240 valence electrons. The van der Waals surface area contributed by atoms with Crippen LogP contribution in [-0.2, 0) is 14.8 Å². The molecular formula is C35H30F2N4O5S. The molecule has 6 aromatic rings. The van der Waals surface area contributed by atoms with Crippen LogP contribution in [0.15, 0.2) is 83.5 Å². The summed E-state index contributed by atoms with van der Waals surface area (Å²) < 4.78 is 66.9. The number of pyridine rings is 1. The Morgan fingerprint density at radius 2 is 1.83 bits per heavy atom. The average molecular weight is 657 g/mol. The first-order valence-electron chi connectivity index (χ1n) is 14.6. The summed E-state index contributed by atoms with van der Waals surface area (Å²) in [4.78, 5) is 21.5. The number of furan rings is 1. The number of amides is 1. The molecule has 0 bridgehead atoms. The number of nitrogens with one attached hydrogen (secondary N) is 2. The monoisotopic (exact) mass is 656 g/mol. The van der Waals surface area contributed by atoms with Crippen molar-refractivity contribution in [2.75, 3.05) is 31.3 Å². The lowest BCUT2D eigenvalue weighted by atomic mass is 10.00. The van der Waals surface area contributed by atoms with Crippen LogP contribution < -0.4 is 9.62 Å². The summed E-state index contributed by atoms with van der Waals surface area (Å²) in [6, 6.07) is 18.6. The molecule has 6 rings (SSSR count). The van der Waals surface area contributed by atoms with Gasteiger partial charge < -0.3 is 19.5 Å². The van der Waals surface area contributed by atoms with E-state index >= 15 is 0 Å². The number of benzene rings is 3. The standard InChI is InChI=1S/C35H30F2N4O5S/c1-5-45-16-15-20-11-14-28(40-33(20)29-18-23-26(37)7-6-8-27(23)39-29)24-17-25-31(19-30(24)41(3)47(4,43)44)46-34(32(25)35(42)38-2)21-9-12-22(36)13-10-21/h6-19,39H,5H2,1-4H3,(H,38,42)/b16-15+. The van der Waals surface area contributed by atoms with Gasteiger partial charge in [-0.05, 0) is 67.6 Å². The molecular weight excluding hydrogens is 626 g/mol. The van der Waals surface area contributed by atoms with Crippen molar-refractivity contribution < 1.29 is 31.1 Å². The van der Waals surface area contributed by atoms with Crippen LogP contribution in [0.3, 0.4) is 0 Å². The van der Waals surface area contributed by atoms with Crippen molar-refractivity contribution in [2.24, 2.45) is 0 Å². The first-order valence-corrected chi connectivity index (χ1v) is 16.4. The highest BCUT2D eigenvalue weighted by atomic mass is 32.2. The van der Waals surface area contributed by atoms with Crippen molar-refractivity contribution >= 4 is 49.6 Å². The van der Waals surface area contributed by atoms with Gasteiger partial charge in [0.1, 0.15) is 23.0 Å². The largest absolute Gasteiger partial charge is 0.501 e. The number of rotatable bonds is 9. The summed E-state index contributed by atoms with van der Waals surface area (Å²) in [6.45, 7) is 2.31. The minimum atomic E-state index is -3.78. The predicted molar refractivity (Wildman–Crippen MR) is 179 cm³/mol. The van der Waals surface area contributed by atoms with Gasteiger partial charge in [-0.1, -0.05) is 12.1 Å². The van der Waals surface area contributed by atoms with Gasteiger partial charge in [-0.25, -0.2) is 22.2 Å². The number of carbonyl (C=O) groups excluding carboxylic acids is 1. The molecule has 3 heterocycles. The molecule has 0 radical (unpaired) electrons. The van der Waals surface area contributed by atoms with Gasteiger partial charge in [-0.2, -0.15) is 0 Å². The Bertz CT molecular complexity index is 2290. The lowest BCUT2D eigenvalue weighted by molar-refractivity contribution is 0.0964. The predicted octanol–water partition coefficient (Wildman–Crippen LogP) is 7.35. The van der Waals surface area contributed by atoms with Gasteiger partial charge in [0.05, 0.1) is 47.5 Å². The molecule has 0 saturated heterocycles. The molecule has 0 aliphatic rings. The zero-order chi connectivity index (χ0) is 33.5. The molecule has 0 aliphatic heterocycles. The smallest absolute Gasteiger partial charge is 0.255 e. The number of H-pyrrole nitrogens is 1. The van der Waals surface area contributed by atoms with Gasteiger partial charge in [-0.3, -0.25) is 9.10 Å². The number of hydrogen-bond donors (Lipinski definition) is 2. The van der Waals surface area contributed by atoms with Gasteiger partial charge >= 0.3 is 0 Å². The Labute approximate surface area is 269 Å². The van der Waals surface area contributed by atoms with E-state index in [9.17, 15) is 22.0 Å². The maximum absolute atomic E-state index is 14.7. The second-order valence-corrected chi connectivity index (χ2v) is 12.8. The van der Waals surface area contributed by atoms with E-state index in [-0.39, 0.29) is 22.6 Å². The van der Waals surface area contributed by atoms with E-state index in [0.717, 1.165) is 10.6 Å². The van der Waals surface area contributed by atoms with Crippen molar-refractivity contribution in [3.8, 4) is 34.0 Å². The number of carbonyl (C=O) groups is 1. The summed E-state index contributed by atoms with van der Waals surface area (Å²) >= 11 is 0. The van der Waals surface area contributed by atoms with Crippen molar-refractivity contribution in [3.05, 3.63) is 102 Å². The number of anilines is 1. The molecule has 0 atom stereocenters. The van der Waals surface area contributed by atoms with E-state index in [2.05, 4.69) is 10.3 Å². The van der Waals surface area contributed by atoms with E-state index in [1.54, 1.807) is 42.5 Å². The Kier molecular flexibility index (Phi) is 8.29. The first kappa shape index (κ1) is 31.5. The molecule has 9 nitrogen and oxygen atoms in total. The quantitative estimate of drug-likeness (QED) is 0.157. The zero-order valence-electron chi connectivity index (χ0n) is 25.9. The van der Waals surface area contributed by atoms with E-state index in [4.69, 9.17) is 14.1 Å². The van der Waals surface area contributed by atoms with Crippen LogP contribution in [0.1, 0.15) is 22.8 Å². The fraction of sp³-hybridized carbons (Fsp3) is 0.143. The Morgan fingerprint density at radius 3 is 2.51 bits per heavy atom. The Balaban J connectivity index is 1.64. The minimum absolute atomic E-state index is 0.187. The van der Waals surface area contributed by atoms with Crippen molar-refractivity contribution in [1.29, 1.82) is 0 Å². The Hall–Kier alpha value is -5.49. The fourth-order valence-corrected chi connectivity index (χ4v) is 5.87. The van der Waals surface area contributed by atoms with Crippen molar-refractivity contribution in [3.63, 3.8) is 0 Å². The third-order valence-corrected chi connectivity index (χ3v) is 8.97. The van der Waals surface area contributed by atoms with Crippen molar-refractivity contribution in [1.82, 2.24) is 15.3 Å². The van der Waals surface area contributed by atoms with Gasteiger partial charge in [0.25, 0.3) is 5.91 Å². The Morgan fingerprint density at radius 1 is 1.06 bits per heavy atom. The van der Waals surface area contributed by atoms with E-state index in [1.807, 2.05) is 6.92 Å². The first-order chi connectivity index (χ1) is 22.5. The summed E-state index contributed by atoms with van der Waals surface area (Å²) in [5.74, 6) is -1.11. The number of halogens is 2. The van der Waals surface area contributed by atoms with Crippen LogP contribution in [0, 0.1) is 11.6 Å². The molecule has 3 aromatic heterocycles. The number of nitrogens with zero attached hydrogens (tertiary/aromatic N) is 2. The van der Waals surface area contributed by atoms with Crippen LogP contribution in [0.2, 0.25) is 0 Å².